The number of rotatable bonds is 7. The quantitative estimate of drug-likeness (QED) is 0.584. The number of hydrogen-bond acceptors (Lipinski definition) is 5. The molecule has 4 rings (SSSR count). The van der Waals surface area contributed by atoms with Gasteiger partial charge in [-0.3, -0.25) is 14.3 Å². The van der Waals surface area contributed by atoms with Crippen LogP contribution >= 0.6 is 0 Å². The lowest BCUT2D eigenvalue weighted by Gasteiger charge is -2.35. The van der Waals surface area contributed by atoms with Crippen LogP contribution in [-0.4, -0.2) is 53.6 Å². The molecule has 0 unspecified atom stereocenters. The Balaban J connectivity index is 1.26. The van der Waals surface area contributed by atoms with Crippen molar-refractivity contribution in [1.29, 1.82) is 0 Å². The summed E-state index contributed by atoms with van der Waals surface area (Å²) in [6, 6.07) is 13.6. The van der Waals surface area contributed by atoms with E-state index in [-0.39, 0.29) is 11.7 Å². The Morgan fingerprint density at radius 3 is 2.65 bits per heavy atom. The van der Waals surface area contributed by atoms with Crippen LogP contribution in [0.4, 0.5) is 0 Å². The molecule has 0 atom stereocenters. The van der Waals surface area contributed by atoms with Gasteiger partial charge in [-0.25, -0.2) is 4.79 Å². The van der Waals surface area contributed by atoms with E-state index in [9.17, 15) is 9.59 Å². The predicted molar refractivity (Wildman–Crippen MR) is 119 cm³/mol. The number of hydrogen-bond donors (Lipinski definition) is 0. The highest BCUT2D eigenvalue weighted by atomic mass is 16.5. The van der Waals surface area contributed by atoms with Crippen molar-refractivity contribution >= 4 is 17.0 Å². The standard InChI is InChI=1S/C24H29N3O4/c1-18-9-10-21(30-2)19(16-18)17-25-12-14-26(15-13-25)23(28)8-5-11-27-20-6-3-4-7-22(20)31-24(27)29/h3-4,6-7,9-10,16H,5,8,11-15,17H2,1-2H3. The third-order valence-corrected chi connectivity index (χ3v) is 5.90. The molecule has 31 heavy (non-hydrogen) atoms. The Morgan fingerprint density at radius 1 is 1.10 bits per heavy atom. The molecule has 1 aromatic heterocycles. The van der Waals surface area contributed by atoms with Crippen LogP contribution in [0.1, 0.15) is 24.0 Å². The summed E-state index contributed by atoms with van der Waals surface area (Å²) in [5.41, 5.74) is 3.76. The molecule has 164 valence electrons. The Labute approximate surface area is 181 Å². The molecule has 0 spiro atoms. The highest BCUT2D eigenvalue weighted by molar-refractivity contribution is 5.76. The van der Waals surface area contributed by atoms with E-state index in [1.54, 1.807) is 17.7 Å². The number of nitrogens with zero attached hydrogens (tertiary/aromatic N) is 3. The Morgan fingerprint density at radius 2 is 1.87 bits per heavy atom. The van der Waals surface area contributed by atoms with Gasteiger partial charge in [0.1, 0.15) is 5.75 Å². The number of methoxy groups -OCH3 is 1. The maximum atomic E-state index is 12.7. The second-order valence-electron chi connectivity index (χ2n) is 8.06. The van der Waals surface area contributed by atoms with Crippen LogP contribution in [-0.2, 0) is 17.9 Å². The third kappa shape index (κ3) is 4.82. The molecule has 3 aromatic rings. The Kier molecular flexibility index (Phi) is 6.42. The van der Waals surface area contributed by atoms with Crippen molar-refractivity contribution in [3.8, 4) is 5.75 Å². The van der Waals surface area contributed by atoms with Crippen molar-refractivity contribution in [1.82, 2.24) is 14.4 Å². The summed E-state index contributed by atoms with van der Waals surface area (Å²) in [5, 5.41) is 0. The molecule has 1 fully saturated rings. The molecular formula is C24H29N3O4. The molecule has 0 N–H and O–H groups in total. The fourth-order valence-corrected chi connectivity index (χ4v) is 4.20. The van der Waals surface area contributed by atoms with Crippen molar-refractivity contribution in [2.24, 2.45) is 0 Å². The number of benzene rings is 2. The minimum Gasteiger partial charge on any atom is -0.496 e. The SMILES string of the molecule is COc1ccc(C)cc1CN1CCN(C(=O)CCCn2c(=O)oc3ccccc32)CC1. The summed E-state index contributed by atoms with van der Waals surface area (Å²) in [5.74, 6) is 0.689. The van der Waals surface area contributed by atoms with Crippen molar-refractivity contribution in [3.63, 3.8) is 0 Å². The zero-order valence-electron chi connectivity index (χ0n) is 18.2. The maximum Gasteiger partial charge on any atom is 0.419 e. The van der Waals surface area contributed by atoms with Gasteiger partial charge in [-0.05, 0) is 31.5 Å². The molecule has 0 radical (unpaired) electrons. The maximum absolute atomic E-state index is 12.7. The summed E-state index contributed by atoms with van der Waals surface area (Å²) in [6.07, 6.45) is 1.04. The first kappa shape index (κ1) is 21.2. The predicted octanol–water partition coefficient (Wildman–Crippen LogP) is 3.04. The molecule has 7 nitrogen and oxygen atoms in total. The smallest absolute Gasteiger partial charge is 0.419 e. The highest BCUT2D eigenvalue weighted by Crippen LogP contribution is 2.22. The van der Waals surface area contributed by atoms with Gasteiger partial charge < -0.3 is 14.1 Å². The number of piperazine rings is 1. The lowest BCUT2D eigenvalue weighted by molar-refractivity contribution is -0.133. The lowest BCUT2D eigenvalue weighted by atomic mass is 10.1. The number of carbonyl (C=O) groups is 1. The zero-order valence-corrected chi connectivity index (χ0v) is 18.2. The number of carbonyl (C=O) groups excluding carboxylic acids is 1. The number of aryl methyl sites for hydroxylation is 2. The summed E-state index contributed by atoms with van der Waals surface area (Å²) < 4.78 is 12.4. The van der Waals surface area contributed by atoms with Crippen LogP contribution in [0.2, 0.25) is 0 Å². The molecule has 7 heteroatoms. The average Bonchev–Trinajstić information content (AvgIpc) is 3.09. The van der Waals surface area contributed by atoms with Crippen LogP contribution in [0.3, 0.4) is 0 Å². The van der Waals surface area contributed by atoms with Gasteiger partial charge in [-0.2, -0.15) is 0 Å². The Hall–Kier alpha value is -3.06. The summed E-state index contributed by atoms with van der Waals surface area (Å²) >= 11 is 0. The number of oxazole rings is 1. The van der Waals surface area contributed by atoms with E-state index in [0.29, 0.717) is 25.0 Å². The van der Waals surface area contributed by atoms with Gasteiger partial charge in [0.25, 0.3) is 0 Å². The van der Waals surface area contributed by atoms with Gasteiger partial charge in [0.15, 0.2) is 5.58 Å². The zero-order chi connectivity index (χ0) is 21.8. The molecule has 1 saturated heterocycles. The second kappa shape index (κ2) is 9.39. The lowest BCUT2D eigenvalue weighted by Crippen LogP contribution is -2.48. The van der Waals surface area contributed by atoms with Crippen LogP contribution in [0, 0.1) is 6.92 Å². The monoisotopic (exact) mass is 423 g/mol. The topological polar surface area (TPSA) is 67.9 Å². The van der Waals surface area contributed by atoms with E-state index in [1.807, 2.05) is 29.2 Å². The third-order valence-electron chi connectivity index (χ3n) is 5.90. The average molecular weight is 424 g/mol. The highest BCUT2D eigenvalue weighted by Gasteiger charge is 2.22. The molecule has 2 aromatic carbocycles. The first-order valence-electron chi connectivity index (χ1n) is 10.8. The van der Waals surface area contributed by atoms with Crippen molar-refractivity contribution in [3.05, 3.63) is 64.1 Å². The molecule has 1 aliphatic heterocycles. The Bertz CT molecular complexity index is 1110. The number of amides is 1. The fourth-order valence-electron chi connectivity index (χ4n) is 4.20. The van der Waals surface area contributed by atoms with E-state index in [4.69, 9.17) is 9.15 Å². The minimum atomic E-state index is -0.367. The van der Waals surface area contributed by atoms with E-state index >= 15 is 0 Å². The van der Waals surface area contributed by atoms with Gasteiger partial charge >= 0.3 is 5.76 Å². The number of fused-ring (bicyclic) bond motifs is 1. The minimum absolute atomic E-state index is 0.147. The molecule has 1 amide bonds. The molecule has 0 saturated carbocycles. The summed E-state index contributed by atoms with van der Waals surface area (Å²) in [4.78, 5) is 29.0. The van der Waals surface area contributed by atoms with Crippen LogP contribution in [0.25, 0.3) is 11.1 Å². The summed E-state index contributed by atoms with van der Waals surface area (Å²) in [7, 11) is 1.70. The van der Waals surface area contributed by atoms with E-state index < -0.39 is 0 Å². The van der Waals surface area contributed by atoms with E-state index in [1.165, 1.54) is 11.1 Å². The normalized spacial score (nSPS) is 14.8. The molecule has 0 aliphatic carbocycles. The van der Waals surface area contributed by atoms with Gasteiger partial charge in [0.2, 0.25) is 5.91 Å². The summed E-state index contributed by atoms with van der Waals surface area (Å²) in [6.45, 7) is 6.52. The van der Waals surface area contributed by atoms with Crippen LogP contribution in [0.5, 0.6) is 5.75 Å². The number of ether oxygens (including phenoxy) is 1. The van der Waals surface area contributed by atoms with E-state index in [2.05, 4.69) is 24.0 Å². The van der Waals surface area contributed by atoms with Crippen LogP contribution in [0.15, 0.2) is 51.7 Å². The van der Waals surface area contributed by atoms with Gasteiger partial charge in [0.05, 0.1) is 12.6 Å². The fraction of sp³-hybridized carbons (Fsp3) is 0.417. The van der Waals surface area contributed by atoms with Gasteiger partial charge in [-0.1, -0.05) is 29.8 Å². The van der Waals surface area contributed by atoms with Crippen molar-refractivity contribution in [2.75, 3.05) is 33.3 Å². The molecule has 0 bridgehead atoms. The molecular weight excluding hydrogens is 394 g/mol. The largest absolute Gasteiger partial charge is 0.496 e. The number of para-hydroxylation sites is 2. The van der Waals surface area contributed by atoms with Gasteiger partial charge in [0, 0.05) is 51.3 Å². The van der Waals surface area contributed by atoms with E-state index in [0.717, 1.165) is 44.0 Å². The second-order valence-corrected chi connectivity index (χ2v) is 8.06. The van der Waals surface area contributed by atoms with Crippen LogP contribution < -0.4 is 10.5 Å². The van der Waals surface area contributed by atoms with Crippen molar-refractivity contribution < 1.29 is 13.9 Å². The molecule has 1 aliphatic rings. The van der Waals surface area contributed by atoms with Gasteiger partial charge in [-0.15, -0.1) is 0 Å². The first-order chi connectivity index (χ1) is 15.0. The first-order valence-corrected chi connectivity index (χ1v) is 10.8. The number of aromatic nitrogens is 1. The van der Waals surface area contributed by atoms with Crippen molar-refractivity contribution in [2.45, 2.75) is 32.9 Å². The molecule has 2 heterocycles.